The Morgan fingerprint density at radius 3 is 2.43 bits per heavy atom. The Kier molecular flexibility index (Phi) is 4.42. The third-order valence-electron chi connectivity index (χ3n) is 10.0. The molecule has 4 aliphatic carbocycles. The Morgan fingerprint density at radius 2 is 1.73 bits per heavy atom. The zero-order valence-electron chi connectivity index (χ0n) is 17.9. The van der Waals surface area contributed by atoms with E-state index in [4.69, 9.17) is 4.42 Å². The van der Waals surface area contributed by atoms with Gasteiger partial charge in [-0.1, -0.05) is 13.8 Å². The van der Waals surface area contributed by atoms with Gasteiger partial charge in [-0.3, -0.25) is 0 Å². The molecule has 1 heterocycles. The Labute approximate surface area is 176 Å². The van der Waals surface area contributed by atoms with Crippen molar-refractivity contribution in [1.29, 1.82) is 0 Å². The van der Waals surface area contributed by atoms with Gasteiger partial charge < -0.3 is 24.8 Å². The van der Waals surface area contributed by atoms with Crippen molar-refractivity contribution < 1.29 is 24.8 Å². The van der Waals surface area contributed by atoms with Crippen LogP contribution in [0.1, 0.15) is 76.7 Å². The monoisotopic (exact) mass is 418 g/mol. The molecular weight excluding hydrogens is 384 g/mol. The van der Waals surface area contributed by atoms with E-state index in [1.54, 1.807) is 6.07 Å². The van der Waals surface area contributed by atoms with E-state index in [0.717, 1.165) is 12.0 Å². The standard InChI is InChI=1S/C24H34O6/c1-21-8-5-15(25)11-23(21,28)9-6-17-20(21)18(26)12-22(2)16(7-10-24(17,22)29)14-3-4-19(27)30-13-14/h3-4,13,15-18,20,25-26,28-29H,5-12H2,1-2H3. The van der Waals surface area contributed by atoms with Gasteiger partial charge in [-0.05, 0) is 74.3 Å². The molecule has 0 spiro atoms. The fraction of sp³-hybridized carbons (Fsp3) is 0.792. The van der Waals surface area contributed by atoms with Crippen LogP contribution in [0.4, 0.5) is 0 Å². The largest absolute Gasteiger partial charge is 0.431 e. The second-order valence-corrected chi connectivity index (χ2v) is 11.1. The van der Waals surface area contributed by atoms with Crippen LogP contribution in [-0.2, 0) is 0 Å². The van der Waals surface area contributed by atoms with Gasteiger partial charge in [-0.2, -0.15) is 0 Å². The predicted octanol–water partition coefficient (Wildman–Crippen LogP) is 2.33. The van der Waals surface area contributed by atoms with Crippen molar-refractivity contribution in [2.24, 2.45) is 22.7 Å². The molecule has 4 fully saturated rings. The number of aliphatic hydroxyl groups is 4. The van der Waals surface area contributed by atoms with Gasteiger partial charge in [-0.15, -0.1) is 0 Å². The quantitative estimate of drug-likeness (QED) is 0.557. The molecule has 4 saturated carbocycles. The van der Waals surface area contributed by atoms with Crippen molar-refractivity contribution in [2.75, 3.05) is 0 Å². The van der Waals surface area contributed by atoms with E-state index in [2.05, 4.69) is 13.8 Å². The first kappa shape index (κ1) is 20.7. The lowest BCUT2D eigenvalue weighted by Gasteiger charge is -2.67. The number of hydrogen-bond acceptors (Lipinski definition) is 6. The molecule has 4 aliphatic rings. The molecule has 0 radical (unpaired) electrons. The van der Waals surface area contributed by atoms with Crippen LogP contribution in [0, 0.1) is 22.7 Å². The smallest absolute Gasteiger partial charge is 0.335 e. The second kappa shape index (κ2) is 6.41. The number of hydrogen-bond donors (Lipinski definition) is 4. The average Bonchev–Trinajstić information content (AvgIpc) is 2.94. The number of aliphatic hydroxyl groups excluding tert-OH is 2. The topological polar surface area (TPSA) is 111 Å². The lowest BCUT2D eigenvalue weighted by molar-refractivity contribution is -0.278. The molecule has 0 aromatic carbocycles. The van der Waals surface area contributed by atoms with E-state index in [9.17, 15) is 25.2 Å². The fourth-order valence-corrected chi connectivity index (χ4v) is 8.40. The molecule has 5 rings (SSSR count). The molecule has 0 aliphatic heterocycles. The van der Waals surface area contributed by atoms with Crippen LogP contribution in [0.15, 0.2) is 27.6 Å². The van der Waals surface area contributed by atoms with Crippen LogP contribution in [0.2, 0.25) is 0 Å². The maximum atomic E-state index is 12.2. The molecule has 30 heavy (non-hydrogen) atoms. The van der Waals surface area contributed by atoms with Crippen molar-refractivity contribution in [3.8, 4) is 0 Å². The molecule has 6 heteroatoms. The summed E-state index contributed by atoms with van der Waals surface area (Å²) in [4.78, 5) is 11.4. The molecule has 0 bridgehead atoms. The highest BCUT2D eigenvalue weighted by atomic mass is 16.4. The maximum Gasteiger partial charge on any atom is 0.335 e. The molecular formula is C24H34O6. The van der Waals surface area contributed by atoms with Crippen LogP contribution >= 0.6 is 0 Å². The van der Waals surface area contributed by atoms with Gasteiger partial charge in [0.15, 0.2) is 0 Å². The zero-order valence-corrected chi connectivity index (χ0v) is 17.9. The van der Waals surface area contributed by atoms with Crippen molar-refractivity contribution in [3.05, 3.63) is 34.4 Å². The lowest BCUT2D eigenvalue weighted by atomic mass is 9.41. The van der Waals surface area contributed by atoms with E-state index in [-0.39, 0.29) is 23.4 Å². The summed E-state index contributed by atoms with van der Waals surface area (Å²) in [5.41, 5.74) is -2.50. The molecule has 0 saturated heterocycles. The van der Waals surface area contributed by atoms with Crippen molar-refractivity contribution in [1.82, 2.24) is 0 Å². The summed E-state index contributed by atoms with van der Waals surface area (Å²) in [5.74, 6) is -0.300. The number of rotatable bonds is 1. The van der Waals surface area contributed by atoms with Gasteiger partial charge in [0.05, 0.1) is 29.7 Å². The third-order valence-corrected chi connectivity index (χ3v) is 10.0. The summed E-state index contributed by atoms with van der Waals surface area (Å²) in [5, 5.41) is 45.4. The first-order chi connectivity index (χ1) is 14.0. The molecule has 0 amide bonds. The van der Waals surface area contributed by atoms with Crippen LogP contribution in [0.5, 0.6) is 0 Å². The van der Waals surface area contributed by atoms with Gasteiger partial charge in [0, 0.05) is 23.3 Å². The lowest BCUT2D eigenvalue weighted by Crippen LogP contribution is -2.70. The minimum atomic E-state index is -1.00. The Morgan fingerprint density at radius 1 is 0.967 bits per heavy atom. The van der Waals surface area contributed by atoms with E-state index in [0.29, 0.717) is 44.9 Å². The van der Waals surface area contributed by atoms with Gasteiger partial charge in [0.2, 0.25) is 0 Å². The van der Waals surface area contributed by atoms with Crippen molar-refractivity contribution in [3.63, 3.8) is 0 Å². The molecule has 1 aromatic rings. The van der Waals surface area contributed by atoms with E-state index in [1.807, 2.05) is 0 Å². The normalized spacial score (nSPS) is 52.9. The summed E-state index contributed by atoms with van der Waals surface area (Å²) < 4.78 is 5.12. The summed E-state index contributed by atoms with van der Waals surface area (Å²) in [6.45, 7) is 4.13. The van der Waals surface area contributed by atoms with E-state index < -0.39 is 34.2 Å². The fourth-order valence-electron chi connectivity index (χ4n) is 8.40. The summed E-state index contributed by atoms with van der Waals surface area (Å²) in [6, 6.07) is 3.21. The summed E-state index contributed by atoms with van der Waals surface area (Å²) in [6.07, 6.45) is 5.03. The Bertz CT molecular complexity index is 877. The predicted molar refractivity (Wildman–Crippen MR) is 110 cm³/mol. The SMILES string of the molecule is CC12CCC(O)CC1(O)CCC1C2C(O)CC2(C)C(c3ccc(=O)oc3)CCC12O. The van der Waals surface area contributed by atoms with Gasteiger partial charge in [0.25, 0.3) is 0 Å². The average molecular weight is 419 g/mol. The highest BCUT2D eigenvalue weighted by Crippen LogP contribution is 2.71. The second-order valence-electron chi connectivity index (χ2n) is 11.1. The van der Waals surface area contributed by atoms with Gasteiger partial charge in [0.1, 0.15) is 0 Å². The van der Waals surface area contributed by atoms with Gasteiger partial charge in [-0.25, -0.2) is 4.79 Å². The van der Waals surface area contributed by atoms with Crippen molar-refractivity contribution >= 4 is 0 Å². The minimum absolute atomic E-state index is 0.00393. The first-order valence-electron chi connectivity index (χ1n) is 11.4. The maximum absolute atomic E-state index is 12.2. The van der Waals surface area contributed by atoms with Crippen LogP contribution in [0.25, 0.3) is 0 Å². The summed E-state index contributed by atoms with van der Waals surface area (Å²) in [7, 11) is 0. The van der Waals surface area contributed by atoms with Crippen LogP contribution in [0.3, 0.4) is 0 Å². The molecule has 4 N–H and O–H groups in total. The molecule has 166 valence electrons. The molecule has 9 unspecified atom stereocenters. The molecule has 1 aromatic heterocycles. The molecule has 9 atom stereocenters. The van der Waals surface area contributed by atoms with Crippen LogP contribution in [-0.4, -0.2) is 43.8 Å². The summed E-state index contributed by atoms with van der Waals surface area (Å²) >= 11 is 0. The van der Waals surface area contributed by atoms with Crippen molar-refractivity contribution in [2.45, 2.75) is 94.5 Å². The molecule has 6 nitrogen and oxygen atoms in total. The first-order valence-corrected chi connectivity index (χ1v) is 11.4. The highest BCUT2D eigenvalue weighted by molar-refractivity contribution is 5.28. The van der Waals surface area contributed by atoms with Crippen LogP contribution < -0.4 is 5.63 Å². The van der Waals surface area contributed by atoms with E-state index in [1.165, 1.54) is 12.3 Å². The Balaban J connectivity index is 1.55. The zero-order chi connectivity index (χ0) is 21.5. The van der Waals surface area contributed by atoms with Gasteiger partial charge >= 0.3 is 5.63 Å². The third kappa shape index (κ3) is 2.48. The minimum Gasteiger partial charge on any atom is -0.431 e. The van der Waals surface area contributed by atoms with E-state index >= 15 is 0 Å². The Hall–Kier alpha value is -1.21. The highest BCUT2D eigenvalue weighted by Gasteiger charge is 2.72. The number of fused-ring (bicyclic) bond motifs is 5.